The van der Waals surface area contributed by atoms with Gasteiger partial charge in [-0.25, -0.2) is 20.2 Å². The third-order valence-electron chi connectivity index (χ3n) is 3.67. The number of methoxy groups -OCH3 is 1. The van der Waals surface area contributed by atoms with Gasteiger partial charge >= 0.3 is 5.97 Å². The number of ether oxygens (including phenoxy) is 2. The lowest BCUT2D eigenvalue weighted by Crippen LogP contribution is -2.09. The Morgan fingerprint density at radius 2 is 1.75 bits per heavy atom. The first-order valence-corrected chi connectivity index (χ1v) is 8.47. The highest BCUT2D eigenvalue weighted by atomic mass is 16.6. The van der Waals surface area contributed by atoms with Crippen LogP contribution in [0, 0.1) is 13.8 Å². The van der Waals surface area contributed by atoms with Crippen molar-refractivity contribution in [2.75, 3.05) is 12.5 Å². The number of esters is 1. The van der Waals surface area contributed by atoms with E-state index in [1.54, 1.807) is 36.5 Å². The molecule has 1 N–H and O–H groups in total. The number of carbonyl (C=O) groups is 1. The van der Waals surface area contributed by atoms with Gasteiger partial charge in [0, 0.05) is 23.8 Å². The second-order valence-electron chi connectivity index (χ2n) is 5.88. The molecule has 0 aliphatic carbocycles. The van der Waals surface area contributed by atoms with Crippen LogP contribution >= 0.6 is 0 Å². The molecule has 2 aromatic heterocycles. The van der Waals surface area contributed by atoms with E-state index in [2.05, 4.69) is 25.5 Å². The average molecular weight is 377 g/mol. The van der Waals surface area contributed by atoms with E-state index in [4.69, 9.17) is 9.47 Å². The summed E-state index contributed by atoms with van der Waals surface area (Å²) in [4.78, 5) is 24.6. The second-order valence-corrected chi connectivity index (χ2v) is 5.88. The van der Waals surface area contributed by atoms with Crippen molar-refractivity contribution in [1.82, 2.24) is 15.0 Å². The van der Waals surface area contributed by atoms with E-state index >= 15 is 0 Å². The van der Waals surface area contributed by atoms with Crippen LogP contribution in [0.2, 0.25) is 0 Å². The molecule has 8 nitrogen and oxygen atoms in total. The molecule has 0 bridgehead atoms. The van der Waals surface area contributed by atoms with Crippen LogP contribution in [0.5, 0.6) is 11.5 Å². The first-order valence-electron chi connectivity index (χ1n) is 8.47. The first-order chi connectivity index (χ1) is 13.5. The predicted molar refractivity (Wildman–Crippen MR) is 105 cm³/mol. The molecule has 3 rings (SSSR count). The van der Waals surface area contributed by atoms with Crippen molar-refractivity contribution in [2.24, 2.45) is 5.10 Å². The van der Waals surface area contributed by atoms with E-state index < -0.39 is 5.97 Å². The zero-order valence-corrected chi connectivity index (χ0v) is 15.7. The van der Waals surface area contributed by atoms with E-state index in [1.807, 2.05) is 19.9 Å². The maximum absolute atomic E-state index is 12.2. The molecule has 28 heavy (non-hydrogen) atoms. The summed E-state index contributed by atoms with van der Waals surface area (Å²) in [5.41, 5.74) is 5.65. The molecule has 0 aliphatic heterocycles. The summed E-state index contributed by atoms with van der Waals surface area (Å²) in [7, 11) is 1.50. The number of carbonyl (C=O) groups excluding carboxylic acids is 1. The van der Waals surface area contributed by atoms with Crippen LogP contribution in [0.3, 0.4) is 0 Å². The quantitative estimate of drug-likeness (QED) is 0.305. The van der Waals surface area contributed by atoms with Crippen LogP contribution < -0.4 is 14.9 Å². The number of rotatable bonds is 6. The van der Waals surface area contributed by atoms with Crippen LogP contribution in [0.15, 0.2) is 53.9 Å². The number of benzene rings is 1. The third-order valence-corrected chi connectivity index (χ3v) is 3.67. The molecule has 142 valence electrons. The van der Waals surface area contributed by atoms with Crippen molar-refractivity contribution < 1.29 is 14.3 Å². The van der Waals surface area contributed by atoms with Gasteiger partial charge in [-0.15, -0.1) is 0 Å². The summed E-state index contributed by atoms with van der Waals surface area (Å²) in [5, 5.41) is 4.14. The van der Waals surface area contributed by atoms with Crippen molar-refractivity contribution in [1.29, 1.82) is 0 Å². The number of nitrogens with one attached hydrogen (secondary N) is 1. The Hall–Kier alpha value is -3.81. The van der Waals surface area contributed by atoms with Crippen LogP contribution in [0.4, 0.5) is 5.95 Å². The average Bonchev–Trinajstić information content (AvgIpc) is 2.69. The van der Waals surface area contributed by atoms with Crippen LogP contribution in [-0.2, 0) is 0 Å². The molecule has 0 amide bonds. The lowest BCUT2D eigenvalue weighted by molar-refractivity contribution is 0.0729. The number of hydrazone groups is 1. The highest BCUT2D eigenvalue weighted by Crippen LogP contribution is 2.28. The van der Waals surface area contributed by atoms with Crippen molar-refractivity contribution in [3.63, 3.8) is 0 Å². The summed E-state index contributed by atoms with van der Waals surface area (Å²) >= 11 is 0. The molecule has 0 atom stereocenters. The van der Waals surface area contributed by atoms with Gasteiger partial charge in [-0.3, -0.25) is 4.98 Å². The van der Waals surface area contributed by atoms with E-state index in [0.717, 1.165) is 17.0 Å². The van der Waals surface area contributed by atoms with Gasteiger partial charge in [0.05, 0.1) is 18.9 Å². The fourth-order valence-electron chi connectivity index (χ4n) is 2.44. The molecule has 0 saturated carbocycles. The van der Waals surface area contributed by atoms with Crippen LogP contribution in [0.25, 0.3) is 0 Å². The van der Waals surface area contributed by atoms with Crippen LogP contribution in [-0.4, -0.2) is 34.2 Å². The Bertz CT molecular complexity index is 986. The number of hydrogen-bond donors (Lipinski definition) is 1. The molecule has 0 aliphatic rings. The minimum Gasteiger partial charge on any atom is -0.493 e. The summed E-state index contributed by atoms with van der Waals surface area (Å²) in [6.07, 6.45) is 4.65. The Labute approximate surface area is 162 Å². The standard InChI is InChI=1S/C20H19N5O3/c1-13-10-14(2)24-20(23-13)25-22-12-15-4-5-17(18(11-15)27-3)28-19(26)16-6-8-21-9-7-16/h4-12H,1-3H3,(H,23,24,25)/b22-12-. The van der Waals surface area contributed by atoms with Crippen molar-refractivity contribution in [3.8, 4) is 11.5 Å². The first kappa shape index (κ1) is 19.0. The number of aryl methyl sites for hydroxylation is 2. The monoisotopic (exact) mass is 377 g/mol. The highest BCUT2D eigenvalue weighted by Gasteiger charge is 2.12. The predicted octanol–water partition coefficient (Wildman–Crippen LogP) is 3.16. The number of aromatic nitrogens is 3. The number of nitrogens with zero attached hydrogens (tertiary/aromatic N) is 4. The maximum atomic E-state index is 12.2. The Morgan fingerprint density at radius 3 is 2.43 bits per heavy atom. The van der Waals surface area contributed by atoms with E-state index in [0.29, 0.717) is 23.0 Å². The van der Waals surface area contributed by atoms with Gasteiger partial charge in [-0.05, 0) is 55.8 Å². The fourth-order valence-corrected chi connectivity index (χ4v) is 2.44. The number of pyridine rings is 1. The van der Waals surface area contributed by atoms with E-state index in [-0.39, 0.29) is 0 Å². The Kier molecular flexibility index (Phi) is 5.91. The topological polar surface area (TPSA) is 98.6 Å². The molecule has 8 heteroatoms. The Morgan fingerprint density at radius 1 is 1.04 bits per heavy atom. The molecular formula is C20H19N5O3. The number of hydrogen-bond acceptors (Lipinski definition) is 8. The molecule has 2 heterocycles. The molecule has 3 aromatic rings. The molecule has 0 fully saturated rings. The summed E-state index contributed by atoms with van der Waals surface area (Å²) < 4.78 is 10.7. The van der Waals surface area contributed by atoms with Crippen molar-refractivity contribution in [2.45, 2.75) is 13.8 Å². The zero-order chi connectivity index (χ0) is 19.9. The fraction of sp³-hybridized carbons (Fsp3) is 0.150. The summed E-state index contributed by atoms with van der Waals surface area (Å²) in [6, 6.07) is 10.2. The summed E-state index contributed by atoms with van der Waals surface area (Å²) in [5.74, 6) is 0.653. The second kappa shape index (κ2) is 8.72. The molecule has 0 saturated heterocycles. The van der Waals surface area contributed by atoms with Gasteiger partial charge in [-0.2, -0.15) is 5.10 Å². The van der Waals surface area contributed by atoms with Crippen molar-refractivity contribution in [3.05, 3.63) is 71.3 Å². The lowest BCUT2D eigenvalue weighted by atomic mass is 10.2. The molecular weight excluding hydrogens is 358 g/mol. The Balaban J connectivity index is 1.71. The summed E-state index contributed by atoms with van der Waals surface area (Å²) in [6.45, 7) is 3.78. The highest BCUT2D eigenvalue weighted by molar-refractivity contribution is 5.91. The van der Waals surface area contributed by atoms with Gasteiger partial charge in [0.1, 0.15) is 0 Å². The molecule has 0 unspecified atom stereocenters. The van der Waals surface area contributed by atoms with Gasteiger partial charge in [0.2, 0.25) is 5.95 Å². The SMILES string of the molecule is COc1cc(/C=N\Nc2nc(C)cc(C)n2)ccc1OC(=O)c1ccncc1. The van der Waals surface area contributed by atoms with Gasteiger partial charge in [-0.1, -0.05) is 0 Å². The number of anilines is 1. The smallest absolute Gasteiger partial charge is 0.343 e. The van der Waals surface area contributed by atoms with Crippen molar-refractivity contribution >= 4 is 18.1 Å². The van der Waals surface area contributed by atoms with Crippen LogP contribution in [0.1, 0.15) is 27.3 Å². The minimum absolute atomic E-state index is 0.312. The molecule has 0 spiro atoms. The largest absolute Gasteiger partial charge is 0.493 e. The maximum Gasteiger partial charge on any atom is 0.343 e. The zero-order valence-electron chi connectivity index (χ0n) is 15.7. The molecule has 1 aromatic carbocycles. The van der Waals surface area contributed by atoms with Gasteiger partial charge in [0.15, 0.2) is 11.5 Å². The lowest BCUT2D eigenvalue weighted by Gasteiger charge is -2.09. The molecule has 0 radical (unpaired) electrons. The minimum atomic E-state index is -0.490. The normalized spacial score (nSPS) is 10.7. The van der Waals surface area contributed by atoms with Gasteiger partial charge in [0.25, 0.3) is 0 Å². The van der Waals surface area contributed by atoms with Gasteiger partial charge < -0.3 is 9.47 Å². The van der Waals surface area contributed by atoms with E-state index in [9.17, 15) is 4.79 Å². The van der Waals surface area contributed by atoms with E-state index in [1.165, 1.54) is 19.5 Å². The third kappa shape index (κ3) is 4.88.